The molecule has 2 aromatic heterocycles. The third-order valence-electron chi connectivity index (χ3n) is 1.78. The predicted molar refractivity (Wildman–Crippen MR) is 49.6 cm³/mol. The molecule has 0 aliphatic rings. The van der Waals surface area contributed by atoms with Gasteiger partial charge >= 0.3 is 7.12 Å². The van der Waals surface area contributed by atoms with Crippen molar-refractivity contribution in [3.05, 3.63) is 31.0 Å². The Balaban J connectivity index is 2.31. The van der Waals surface area contributed by atoms with Crippen molar-refractivity contribution in [2.75, 3.05) is 0 Å². The van der Waals surface area contributed by atoms with Crippen LogP contribution in [0.25, 0.3) is 11.4 Å². The monoisotopic (exact) mass is 190 g/mol. The highest BCUT2D eigenvalue weighted by Gasteiger charge is 2.11. The minimum Gasteiger partial charge on any atom is -0.451 e. The molecule has 0 atom stereocenters. The molecule has 70 valence electrons. The molecule has 0 saturated heterocycles. The second-order valence-corrected chi connectivity index (χ2v) is 2.72. The van der Waals surface area contributed by atoms with Crippen LogP contribution in [-0.2, 0) is 0 Å². The number of pyridine rings is 1. The topological polar surface area (TPSA) is 79.4 Å². The smallest absolute Gasteiger partial charge is 0.451 e. The van der Waals surface area contributed by atoms with Crippen molar-refractivity contribution in [2.45, 2.75) is 0 Å². The number of hydrogen-bond donors (Lipinski definition) is 2. The van der Waals surface area contributed by atoms with E-state index in [4.69, 9.17) is 14.5 Å². The van der Waals surface area contributed by atoms with E-state index >= 15 is 0 Å². The van der Waals surface area contributed by atoms with Crippen molar-refractivity contribution in [1.82, 2.24) is 9.97 Å². The third-order valence-corrected chi connectivity index (χ3v) is 1.78. The van der Waals surface area contributed by atoms with E-state index in [-0.39, 0.29) is 0 Å². The fourth-order valence-electron chi connectivity index (χ4n) is 1.05. The van der Waals surface area contributed by atoms with Crippen LogP contribution in [0.1, 0.15) is 0 Å². The van der Waals surface area contributed by atoms with E-state index in [9.17, 15) is 0 Å². The van der Waals surface area contributed by atoms with Crippen LogP contribution in [0.3, 0.4) is 0 Å². The number of oxazole rings is 1. The summed E-state index contributed by atoms with van der Waals surface area (Å²) in [4.78, 5) is 7.91. The van der Waals surface area contributed by atoms with Crippen molar-refractivity contribution in [1.29, 1.82) is 0 Å². The largest absolute Gasteiger partial charge is 0.490 e. The molecule has 2 N–H and O–H groups in total. The third kappa shape index (κ3) is 1.66. The van der Waals surface area contributed by atoms with E-state index in [2.05, 4.69) is 9.97 Å². The molecule has 6 heteroatoms. The summed E-state index contributed by atoms with van der Waals surface area (Å²) in [6, 6.07) is 3.22. The normalized spacial score (nSPS) is 10.1. The molecule has 0 amide bonds. The van der Waals surface area contributed by atoms with Gasteiger partial charge in [-0.1, -0.05) is 6.07 Å². The first-order valence-electron chi connectivity index (χ1n) is 3.98. The number of nitrogens with zero attached hydrogens (tertiary/aromatic N) is 2. The van der Waals surface area contributed by atoms with Crippen LogP contribution in [0.4, 0.5) is 0 Å². The summed E-state index contributed by atoms with van der Waals surface area (Å²) in [6.45, 7) is 0. The highest BCUT2D eigenvalue weighted by Crippen LogP contribution is 2.11. The van der Waals surface area contributed by atoms with Crippen LogP contribution >= 0.6 is 0 Å². The van der Waals surface area contributed by atoms with E-state index < -0.39 is 7.12 Å². The summed E-state index contributed by atoms with van der Waals surface area (Å²) >= 11 is 0. The second kappa shape index (κ2) is 3.61. The van der Waals surface area contributed by atoms with E-state index in [1.54, 1.807) is 12.1 Å². The minimum absolute atomic E-state index is 0.345. The van der Waals surface area contributed by atoms with E-state index in [1.807, 2.05) is 0 Å². The average Bonchev–Trinajstić information content (AvgIpc) is 2.71. The highest BCUT2D eigenvalue weighted by molar-refractivity contribution is 6.58. The van der Waals surface area contributed by atoms with Gasteiger partial charge in [0.05, 0.1) is 5.69 Å². The molecule has 2 rings (SSSR count). The zero-order valence-corrected chi connectivity index (χ0v) is 7.16. The lowest BCUT2D eigenvalue weighted by Gasteiger charge is -1.98. The SMILES string of the molecule is OB(O)c1ccc(-c2cocn2)nc1. The Kier molecular flexibility index (Phi) is 2.30. The Bertz CT molecular complexity index is 399. The maximum absolute atomic E-state index is 8.83. The fraction of sp³-hybridized carbons (Fsp3) is 0. The van der Waals surface area contributed by atoms with Crippen molar-refractivity contribution < 1.29 is 14.5 Å². The molecule has 0 radical (unpaired) electrons. The molecule has 0 aliphatic heterocycles. The standard InChI is InChI=1S/C8H7BN2O3/c12-9(13)6-1-2-7(10-3-6)8-4-14-5-11-8/h1-5,12-13H. The van der Waals surface area contributed by atoms with Gasteiger partial charge in [0.15, 0.2) is 6.39 Å². The summed E-state index contributed by atoms with van der Waals surface area (Å²) < 4.78 is 4.80. The molecular formula is C8H7BN2O3. The first-order chi connectivity index (χ1) is 6.77. The predicted octanol–water partition coefficient (Wildman–Crippen LogP) is -0.584. The summed E-state index contributed by atoms with van der Waals surface area (Å²) in [6.07, 6.45) is 4.16. The lowest BCUT2D eigenvalue weighted by Crippen LogP contribution is -2.29. The molecule has 5 nitrogen and oxygen atoms in total. The zero-order chi connectivity index (χ0) is 9.97. The van der Waals surface area contributed by atoms with Gasteiger partial charge in [-0.3, -0.25) is 4.98 Å². The molecule has 14 heavy (non-hydrogen) atoms. The van der Waals surface area contributed by atoms with Gasteiger partial charge in [0, 0.05) is 11.7 Å². The molecule has 0 bridgehead atoms. The Labute approximate surface area is 80.2 Å². The molecule has 2 heterocycles. The van der Waals surface area contributed by atoms with E-state index in [0.717, 1.165) is 0 Å². The molecule has 2 aromatic rings. The molecule has 0 unspecified atom stereocenters. The fourth-order valence-corrected chi connectivity index (χ4v) is 1.05. The Morgan fingerprint density at radius 3 is 2.50 bits per heavy atom. The van der Waals surface area contributed by atoms with Crippen LogP contribution in [0.15, 0.2) is 35.4 Å². The number of rotatable bonds is 2. The van der Waals surface area contributed by atoms with Crippen LogP contribution in [0.2, 0.25) is 0 Å². The molecule has 0 fully saturated rings. The minimum atomic E-state index is -1.49. The highest BCUT2D eigenvalue weighted by atomic mass is 16.4. The van der Waals surface area contributed by atoms with Crippen molar-refractivity contribution >= 4 is 12.6 Å². The van der Waals surface area contributed by atoms with Crippen molar-refractivity contribution in [3.8, 4) is 11.4 Å². The van der Waals surface area contributed by atoms with Gasteiger partial charge < -0.3 is 14.5 Å². The Morgan fingerprint density at radius 1 is 1.14 bits per heavy atom. The summed E-state index contributed by atoms with van der Waals surface area (Å²) in [5, 5.41) is 17.7. The summed E-state index contributed by atoms with van der Waals surface area (Å²) in [5.74, 6) is 0. The summed E-state index contributed by atoms with van der Waals surface area (Å²) in [7, 11) is -1.49. The Morgan fingerprint density at radius 2 is 2.00 bits per heavy atom. The summed E-state index contributed by atoms with van der Waals surface area (Å²) in [5.41, 5.74) is 1.59. The number of aromatic nitrogens is 2. The lowest BCUT2D eigenvalue weighted by atomic mass is 9.82. The quantitative estimate of drug-likeness (QED) is 0.619. The van der Waals surface area contributed by atoms with Gasteiger partial charge in [0.2, 0.25) is 0 Å². The maximum atomic E-state index is 8.83. The second-order valence-electron chi connectivity index (χ2n) is 2.72. The molecule has 0 saturated carbocycles. The average molecular weight is 190 g/mol. The van der Waals surface area contributed by atoms with E-state index in [1.165, 1.54) is 18.9 Å². The first kappa shape index (κ1) is 8.92. The molecule has 0 spiro atoms. The maximum Gasteiger partial charge on any atom is 0.490 e. The lowest BCUT2D eigenvalue weighted by molar-refractivity contribution is 0.425. The van der Waals surface area contributed by atoms with E-state index in [0.29, 0.717) is 16.9 Å². The van der Waals surface area contributed by atoms with Gasteiger partial charge in [0.25, 0.3) is 0 Å². The van der Waals surface area contributed by atoms with Crippen LogP contribution in [-0.4, -0.2) is 27.1 Å². The van der Waals surface area contributed by atoms with Gasteiger partial charge in [0.1, 0.15) is 12.0 Å². The van der Waals surface area contributed by atoms with Crippen LogP contribution in [0, 0.1) is 0 Å². The molecular weight excluding hydrogens is 183 g/mol. The zero-order valence-electron chi connectivity index (χ0n) is 7.16. The van der Waals surface area contributed by atoms with Gasteiger partial charge in [-0.05, 0) is 6.07 Å². The van der Waals surface area contributed by atoms with Crippen molar-refractivity contribution in [3.63, 3.8) is 0 Å². The van der Waals surface area contributed by atoms with Gasteiger partial charge in [-0.15, -0.1) is 0 Å². The van der Waals surface area contributed by atoms with Crippen molar-refractivity contribution in [2.24, 2.45) is 0 Å². The van der Waals surface area contributed by atoms with Crippen LogP contribution in [0.5, 0.6) is 0 Å². The van der Waals surface area contributed by atoms with Crippen LogP contribution < -0.4 is 5.46 Å². The number of hydrogen-bond acceptors (Lipinski definition) is 5. The van der Waals surface area contributed by atoms with Gasteiger partial charge in [-0.25, -0.2) is 4.98 Å². The first-order valence-corrected chi connectivity index (χ1v) is 3.98. The van der Waals surface area contributed by atoms with Gasteiger partial charge in [-0.2, -0.15) is 0 Å². The molecule has 0 aromatic carbocycles. The molecule has 0 aliphatic carbocycles. The Hall–Kier alpha value is -1.66.